The molecule has 2 unspecified atom stereocenters. The number of benzene rings is 2. The highest BCUT2D eigenvalue weighted by Gasteiger charge is 2.47. The van der Waals surface area contributed by atoms with Crippen molar-refractivity contribution in [3.63, 3.8) is 0 Å². The third kappa shape index (κ3) is 2.62. The first-order valence-electron chi connectivity index (χ1n) is 7.49. The van der Waals surface area contributed by atoms with E-state index in [0.29, 0.717) is 5.11 Å². The van der Waals surface area contributed by atoms with Gasteiger partial charge in [0.05, 0.1) is 23.6 Å². The molecular formula is C17H16N2O2S2. The molecule has 23 heavy (non-hydrogen) atoms. The van der Waals surface area contributed by atoms with Crippen LogP contribution in [0.25, 0.3) is 11.1 Å². The Hall–Kier alpha value is -1.92. The highest BCUT2D eigenvalue weighted by Crippen LogP contribution is 2.31. The molecule has 2 aromatic carbocycles. The van der Waals surface area contributed by atoms with Crippen LogP contribution >= 0.6 is 12.2 Å². The summed E-state index contributed by atoms with van der Waals surface area (Å²) in [6.45, 7) is 0. The lowest BCUT2D eigenvalue weighted by atomic mass is 10.0. The van der Waals surface area contributed by atoms with Crippen molar-refractivity contribution in [2.24, 2.45) is 0 Å². The van der Waals surface area contributed by atoms with Crippen LogP contribution in [0.2, 0.25) is 0 Å². The molecule has 2 heterocycles. The predicted octanol–water partition coefficient (Wildman–Crippen LogP) is 2.21. The normalized spacial score (nSPS) is 25.2. The lowest BCUT2D eigenvalue weighted by molar-refractivity contribution is 0.600. The van der Waals surface area contributed by atoms with Crippen LogP contribution in [0.15, 0.2) is 54.6 Å². The second kappa shape index (κ2) is 5.32. The highest BCUT2D eigenvalue weighted by atomic mass is 32.2. The maximum atomic E-state index is 11.9. The standard InChI is InChI=1S/C17H16N2O2S2/c20-23(21)10-15-16(11-23)19(17(22)18-15)14-8-6-13(7-9-14)12-4-2-1-3-5-12/h1-9,15-16H,10-11H2,(H,18,22). The monoisotopic (exact) mass is 344 g/mol. The molecule has 2 fully saturated rings. The molecular weight excluding hydrogens is 328 g/mol. The molecule has 0 bridgehead atoms. The van der Waals surface area contributed by atoms with E-state index in [-0.39, 0.29) is 23.6 Å². The van der Waals surface area contributed by atoms with Crippen molar-refractivity contribution in [2.75, 3.05) is 16.4 Å². The summed E-state index contributed by atoms with van der Waals surface area (Å²) in [5.41, 5.74) is 3.22. The van der Waals surface area contributed by atoms with Gasteiger partial charge in [-0.15, -0.1) is 0 Å². The van der Waals surface area contributed by atoms with Crippen molar-refractivity contribution in [1.82, 2.24) is 5.32 Å². The topological polar surface area (TPSA) is 49.4 Å². The third-order valence-corrected chi connectivity index (χ3v) is 6.47. The minimum absolute atomic E-state index is 0.0960. The molecule has 2 saturated heterocycles. The summed E-state index contributed by atoms with van der Waals surface area (Å²) in [5.74, 6) is 0.321. The Balaban J connectivity index is 1.64. The zero-order valence-electron chi connectivity index (χ0n) is 12.3. The molecule has 2 aliphatic heterocycles. The van der Waals surface area contributed by atoms with Crippen molar-refractivity contribution in [1.29, 1.82) is 0 Å². The SMILES string of the molecule is O=S1(=O)CC2NC(=S)N(c3ccc(-c4ccccc4)cc3)C2C1. The Morgan fingerprint density at radius 2 is 1.61 bits per heavy atom. The van der Waals surface area contributed by atoms with Crippen molar-refractivity contribution < 1.29 is 8.42 Å². The third-order valence-electron chi connectivity index (χ3n) is 4.43. The number of rotatable bonds is 2. The van der Waals surface area contributed by atoms with Crippen LogP contribution in [-0.2, 0) is 9.84 Å². The van der Waals surface area contributed by atoms with Crippen LogP contribution in [0.3, 0.4) is 0 Å². The molecule has 4 rings (SSSR count). The first-order chi connectivity index (χ1) is 11.0. The number of nitrogens with one attached hydrogen (secondary N) is 1. The summed E-state index contributed by atoms with van der Waals surface area (Å²) in [6, 6.07) is 18.0. The largest absolute Gasteiger partial charge is 0.356 e. The van der Waals surface area contributed by atoms with Gasteiger partial charge in [0.15, 0.2) is 14.9 Å². The van der Waals surface area contributed by atoms with Gasteiger partial charge in [-0.05, 0) is 35.5 Å². The summed E-state index contributed by atoms with van der Waals surface area (Å²) in [7, 11) is -2.98. The predicted molar refractivity (Wildman–Crippen MR) is 96.3 cm³/mol. The summed E-state index contributed by atoms with van der Waals surface area (Å²) in [6.07, 6.45) is 0. The Morgan fingerprint density at radius 3 is 2.30 bits per heavy atom. The minimum atomic E-state index is -2.98. The van der Waals surface area contributed by atoms with E-state index in [1.54, 1.807) is 0 Å². The Bertz CT molecular complexity index is 848. The van der Waals surface area contributed by atoms with E-state index in [1.165, 1.54) is 0 Å². The van der Waals surface area contributed by atoms with Crippen LogP contribution in [0.4, 0.5) is 5.69 Å². The molecule has 0 radical (unpaired) electrons. The molecule has 0 aliphatic carbocycles. The molecule has 0 aromatic heterocycles. The van der Waals surface area contributed by atoms with Crippen molar-refractivity contribution in [3.05, 3.63) is 54.6 Å². The summed E-state index contributed by atoms with van der Waals surface area (Å²) < 4.78 is 23.7. The fourth-order valence-electron chi connectivity index (χ4n) is 3.35. The Labute approximate surface area is 141 Å². The molecule has 0 spiro atoms. The number of hydrogen-bond acceptors (Lipinski definition) is 3. The first-order valence-corrected chi connectivity index (χ1v) is 9.72. The Morgan fingerprint density at radius 1 is 0.957 bits per heavy atom. The van der Waals surface area contributed by atoms with Crippen molar-refractivity contribution in [3.8, 4) is 11.1 Å². The number of fused-ring (bicyclic) bond motifs is 1. The van der Waals surface area contributed by atoms with E-state index in [0.717, 1.165) is 16.8 Å². The first kappa shape index (κ1) is 14.7. The lowest BCUT2D eigenvalue weighted by Gasteiger charge is -2.23. The fraction of sp³-hybridized carbons (Fsp3) is 0.235. The van der Waals surface area contributed by atoms with Gasteiger partial charge >= 0.3 is 0 Å². The van der Waals surface area contributed by atoms with E-state index >= 15 is 0 Å². The van der Waals surface area contributed by atoms with Gasteiger partial charge in [-0.3, -0.25) is 0 Å². The minimum Gasteiger partial charge on any atom is -0.356 e. The average molecular weight is 344 g/mol. The maximum Gasteiger partial charge on any atom is 0.174 e. The van der Waals surface area contributed by atoms with Crippen LogP contribution < -0.4 is 10.2 Å². The number of nitrogens with zero attached hydrogens (tertiary/aromatic N) is 1. The summed E-state index contributed by atoms with van der Waals surface area (Å²) in [5, 5.41) is 3.76. The number of thiocarbonyl (C=S) groups is 1. The molecule has 4 nitrogen and oxygen atoms in total. The van der Waals surface area contributed by atoms with Gasteiger partial charge < -0.3 is 10.2 Å². The van der Waals surface area contributed by atoms with E-state index < -0.39 is 9.84 Å². The van der Waals surface area contributed by atoms with Gasteiger partial charge in [0.2, 0.25) is 0 Å². The fourth-order valence-corrected chi connectivity index (χ4v) is 5.64. The molecule has 118 valence electrons. The van der Waals surface area contributed by atoms with E-state index in [9.17, 15) is 8.42 Å². The van der Waals surface area contributed by atoms with Crippen LogP contribution in [0.1, 0.15) is 0 Å². The van der Waals surface area contributed by atoms with E-state index in [1.807, 2.05) is 47.4 Å². The molecule has 2 aliphatic rings. The number of hydrogen-bond donors (Lipinski definition) is 1. The van der Waals surface area contributed by atoms with Gasteiger partial charge in [-0.1, -0.05) is 42.5 Å². The zero-order chi connectivity index (χ0) is 16.0. The van der Waals surface area contributed by atoms with Crippen LogP contribution in [0, 0.1) is 0 Å². The Kier molecular flexibility index (Phi) is 3.39. The number of anilines is 1. The quantitative estimate of drug-likeness (QED) is 0.847. The smallest absolute Gasteiger partial charge is 0.174 e. The summed E-state index contributed by atoms with van der Waals surface area (Å²) in [4.78, 5) is 1.94. The van der Waals surface area contributed by atoms with Crippen molar-refractivity contribution in [2.45, 2.75) is 12.1 Å². The van der Waals surface area contributed by atoms with Gasteiger partial charge in [-0.25, -0.2) is 8.42 Å². The second-order valence-corrected chi connectivity index (χ2v) is 8.52. The molecule has 1 N–H and O–H groups in total. The lowest BCUT2D eigenvalue weighted by Crippen LogP contribution is -2.36. The van der Waals surface area contributed by atoms with Gasteiger partial charge in [0, 0.05) is 5.69 Å². The van der Waals surface area contributed by atoms with Crippen LogP contribution in [-0.4, -0.2) is 37.1 Å². The molecule has 0 amide bonds. The average Bonchev–Trinajstić information content (AvgIpc) is 2.98. The van der Waals surface area contributed by atoms with E-state index in [4.69, 9.17) is 12.2 Å². The number of sulfone groups is 1. The molecule has 6 heteroatoms. The van der Waals surface area contributed by atoms with Gasteiger partial charge in [0.1, 0.15) is 0 Å². The zero-order valence-corrected chi connectivity index (χ0v) is 14.0. The molecule has 2 aromatic rings. The molecule has 0 saturated carbocycles. The summed E-state index contributed by atoms with van der Waals surface area (Å²) >= 11 is 5.40. The van der Waals surface area contributed by atoms with Gasteiger partial charge in [0.25, 0.3) is 0 Å². The highest BCUT2D eigenvalue weighted by molar-refractivity contribution is 7.91. The van der Waals surface area contributed by atoms with Crippen molar-refractivity contribution >= 4 is 32.9 Å². The van der Waals surface area contributed by atoms with Crippen LogP contribution in [0.5, 0.6) is 0 Å². The van der Waals surface area contributed by atoms with E-state index in [2.05, 4.69) is 17.4 Å². The maximum absolute atomic E-state index is 11.9. The second-order valence-electron chi connectivity index (χ2n) is 5.98. The van der Waals surface area contributed by atoms with Gasteiger partial charge in [-0.2, -0.15) is 0 Å². The molecule has 2 atom stereocenters.